The number of rotatable bonds is 6. The Morgan fingerprint density at radius 2 is 2.00 bits per heavy atom. The van der Waals surface area contributed by atoms with Gasteiger partial charge in [0.1, 0.15) is 0 Å². The molecule has 21 heavy (non-hydrogen) atoms. The zero-order valence-corrected chi connectivity index (χ0v) is 13.7. The molecule has 0 bridgehead atoms. The van der Waals surface area contributed by atoms with Gasteiger partial charge in [-0.1, -0.05) is 13.8 Å². The summed E-state index contributed by atoms with van der Waals surface area (Å²) in [6.45, 7) is 3.88. The Morgan fingerprint density at radius 3 is 2.52 bits per heavy atom. The molecular formula is C13H22Cl2N4O2. The number of carbonyl (C=O) groups is 2. The van der Waals surface area contributed by atoms with Crippen molar-refractivity contribution in [2.75, 3.05) is 11.9 Å². The SMILES string of the molecule is CC(C)C[C@H](N)C(=O)NCC(=O)Nc1cccnc1.Cl.Cl. The van der Waals surface area contributed by atoms with Crippen molar-refractivity contribution in [1.82, 2.24) is 10.3 Å². The molecule has 0 aromatic carbocycles. The minimum Gasteiger partial charge on any atom is -0.346 e. The first kappa shape index (κ1) is 21.9. The van der Waals surface area contributed by atoms with Crippen molar-refractivity contribution in [1.29, 1.82) is 0 Å². The lowest BCUT2D eigenvalue weighted by Gasteiger charge is -2.13. The highest BCUT2D eigenvalue weighted by molar-refractivity contribution is 5.95. The molecule has 0 aliphatic rings. The van der Waals surface area contributed by atoms with Crippen LogP contribution in [0.5, 0.6) is 0 Å². The standard InChI is InChI=1S/C13H20N4O2.2ClH/c1-9(2)6-11(14)13(19)16-8-12(18)17-10-4-3-5-15-7-10;;/h3-5,7,9,11H,6,8,14H2,1-2H3,(H,16,19)(H,17,18);2*1H/t11-;;/m0../s1. The molecule has 0 radical (unpaired) electrons. The number of anilines is 1. The molecule has 1 rings (SSSR count). The fourth-order valence-electron chi connectivity index (χ4n) is 1.56. The number of pyridine rings is 1. The van der Waals surface area contributed by atoms with E-state index in [1.54, 1.807) is 18.3 Å². The fourth-order valence-corrected chi connectivity index (χ4v) is 1.56. The van der Waals surface area contributed by atoms with Gasteiger partial charge in [-0.2, -0.15) is 0 Å². The monoisotopic (exact) mass is 336 g/mol. The van der Waals surface area contributed by atoms with E-state index < -0.39 is 6.04 Å². The van der Waals surface area contributed by atoms with Gasteiger partial charge in [-0.25, -0.2) is 0 Å². The zero-order chi connectivity index (χ0) is 14.3. The number of carbonyl (C=O) groups excluding carboxylic acids is 2. The van der Waals surface area contributed by atoms with Crippen LogP contribution in [0, 0.1) is 5.92 Å². The third-order valence-electron chi connectivity index (χ3n) is 2.43. The molecule has 0 saturated heterocycles. The van der Waals surface area contributed by atoms with Crippen LogP contribution in [0.25, 0.3) is 0 Å². The van der Waals surface area contributed by atoms with Crippen LogP contribution in [0.1, 0.15) is 20.3 Å². The molecule has 1 heterocycles. The lowest BCUT2D eigenvalue weighted by Crippen LogP contribution is -2.44. The van der Waals surface area contributed by atoms with Gasteiger partial charge in [0, 0.05) is 6.20 Å². The van der Waals surface area contributed by atoms with Crippen LogP contribution in [0.2, 0.25) is 0 Å². The lowest BCUT2D eigenvalue weighted by molar-refractivity contribution is -0.125. The van der Waals surface area contributed by atoms with Gasteiger partial charge in [0.25, 0.3) is 0 Å². The van der Waals surface area contributed by atoms with Gasteiger partial charge >= 0.3 is 0 Å². The number of nitrogens with one attached hydrogen (secondary N) is 2. The molecule has 1 atom stereocenters. The van der Waals surface area contributed by atoms with Crippen molar-refractivity contribution >= 4 is 42.3 Å². The second-order valence-electron chi connectivity index (χ2n) is 4.74. The summed E-state index contributed by atoms with van der Waals surface area (Å²) < 4.78 is 0. The number of amides is 2. The third kappa shape index (κ3) is 9.23. The molecule has 0 aliphatic carbocycles. The normalized spacial score (nSPS) is 10.9. The molecule has 4 N–H and O–H groups in total. The topological polar surface area (TPSA) is 97.1 Å². The van der Waals surface area contributed by atoms with Gasteiger partial charge in [0.15, 0.2) is 0 Å². The van der Waals surface area contributed by atoms with Crippen molar-refractivity contribution in [3.05, 3.63) is 24.5 Å². The largest absolute Gasteiger partial charge is 0.346 e. The molecule has 0 spiro atoms. The number of nitrogens with zero attached hydrogens (tertiary/aromatic N) is 1. The summed E-state index contributed by atoms with van der Waals surface area (Å²) in [5.41, 5.74) is 6.29. The highest BCUT2D eigenvalue weighted by Gasteiger charge is 2.15. The van der Waals surface area contributed by atoms with Crippen LogP contribution in [0.15, 0.2) is 24.5 Å². The van der Waals surface area contributed by atoms with E-state index in [2.05, 4.69) is 15.6 Å². The number of aromatic nitrogens is 1. The smallest absolute Gasteiger partial charge is 0.243 e. The maximum absolute atomic E-state index is 11.6. The van der Waals surface area contributed by atoms with E-state index in [1.165, 1.54) is 6.20 Å². The van der Waals surface area contributed by atoms with E-state index in [0.717, 1.165) is 0 Å². The summed E-state index contributed by atoms with van der Waals surface area (Å²) >= 11 is 0. The van der Waals surface area contributed by atoms with Crippen molar-refractivity contribution in [3.8, 4) is 0 Å². The minimum atomic E-state index is -0.578. The summed E-state index contributed by atoms with van der Waals surface area (Å²) in [7, 11) is 0. The van der Waals surface area contributed by atoms with E-state index in [4.69, 9.17) is 5.73 Å². The summed E-state index contributed by atoms with van der Waals surface area (Å²) in [5, 5.41) is 5.13. The summed E-state index contributed by atoms with van der Waals surface area (Å²) in [6, 6.07) is 2.86. The first-order chi connectivity index (χ1) is 8.99. The van der Waals surface area contributed by atoms with Crippen molar-refractivity contribution in [2.45, 2.75) is 26.3 Å². The predicted molar refractivity (Wildman–Crippen MR) is 87.8 cm³/mol. The Labute approximate surface area is 137 Å². The highest BCUT2D eigenvalue weighted by Crippen LogP contribution is 2.03. The molecule has 120 valence electrons. The molecule has 6 nitrogen and oxygen atoms in total. The van der Waals surface area contributed by atoms with Gasteiger partial charge in [-0.05, 0) is 24.5 Å². The van der Waals surface area contributed by atoms with Crippen LogP contribution in [0.4, 0.5) is 5.69 Å². The second kappa shape index (κ2) is 11.3. The van der Waals surface area contributed by atoms with Gasteiger partial charge in [-0.15, -0.1) is 24.8 Å². The summed E-state index contributed by atoms with van der Waals surface area (Å²) in [5.74, 6) is -0.280. The lowest BCUT2D eigenvalue weighted by atomic mass is 10.0. The Morgan fingerprint density at radius 1 is 1.33 bits per heavy atom. The maximum atomic E-state index is 11.6. The van der Waals surface area contributed by atoms with Gasteiger partial charge in [0.2, 0.25) is 11.8 Å². The van der Waals surface area contributed by atoms with Crippen LogP contribution in [-0.2, 0) is 9.59 Å². The third-order valence-corrected chi connectivity index (χ3v) is 2.43. The first-order valence-corrected chi connectivity index (χ1v) is 6.22. The van der Waals surface area contributed by atoms with Crippen molar-refractivity contribution in [2.24, 2.45) is 11.7 Å². The van der Waals surface area contributed by atoms with Crippen molar-refractivity contribution < 1.29 is 9.59 Å². The van der Waals surface area contributed by atoms with Crippen LogP contribution in [0.3, 0.4) is 0 Å². The van der Waals surface area contributed by atoms with E-state index in [-0.39, 0.29) is 43.2 Å². The van der Waals surface area contributed by atoms with Gasteiger partial charge < -0.3 is 16.4 Å². The molecule has 0 unspecified atom stereocenters. The molecule has 0 fully saturated rings. The van der Waals surface area contributed by atoms with Gasteiger partial charge in [0.05, 0.1) is 24.5 Å². The molecule has 1 aromatic heterocycles. The zero-order valence-electron chi connectivity index (χ0n) is 12.0. The average molecular weight is 337 g/mol. The Hall–Kier alpha value is -1.37. The quantitative estimate of drug-likeness (QED) is 0.730. The minimum absolute atomic E-state index is 0. The molecule has 8 heteroatoms. The molecule has 2 amide bonds. The molecule has 0 aliphatic heterocycles. The number of halogens is 2. The highest BCUT2D eigenvalue weighted by atomic mass is 35.5. The van der Waals surface area contributed by atoms with Crippen molar-refractivity contribution in [3.63, 3.8) is 0 Å². The number of hydrogen-bond acceptors (Lipinski definition) is 4. The fraction of sp³-hybridized carbons (Fsp3) is 0.462. The van der Waals surface area contributed by atoms with Gasteiger partial charge in [-0.3, -0.25) is 14.6 Å². The van der Waals surface area contributed by atoms with Crippen LogP contribution >= 0.6 is 24.8 Å². The molecular weight excluding hydrogens is 315 g/mol. The number of nitrogens with two attached hydrogens (primary N) is 1. The van der Waals surface area contributed by atoms with E-state index in [9.17, 15) is 9.59 Å². The summed E-state index contributed by atoms with van der Waals surface area (Å²) in [6.07, 6.45) is 3.74. The van der Waals surface area contributed by atoms with E-state index in [1.807, 2.05) is 13.8 Å². The molecule has 1 aromatic rings. The molecule has 0 saturated carbocycles. The first-order valence-electron chi connectivity index (χ1n) is 6.22. The average Bonchev–Trinajstić information content (AvgIpc) is 2.36. The van der Waals surface area contributed by atoms with E-state index in [0.29, 0.717) is 18.0 Å². The van der Waals surface area contributed by atoms with Crippen LogP contribution < -0.4 is 16.4 Å². The Kier molecular flexibility index (Phi) is 11.8. The summed E-state index contributed by atoms with van der Waals surface area (Å²) in [4.78, 5) is 27.0. The number of hydrogen-bond donors (Lipinski definition) is 3. The Balaban J connectivity index is 0. The second-order valence-corrected chi connectivity index (χ2v) is 4.74. The predicted octanol–water partition coefficient (Wildman–Crippen LogP) is 1.35. The van der Waals surface area contributed by atoms with E-state index >= 15 is 0 Å². The van der Waals surface area contributed by atoms with Crippen LogP contribution in [-0.4, -0.2) is 29.4 Å². The Bertz CT molecular complexity index is 429. The maximum Gasteiger partial charge on any atom is 0.243 e.